The van der Waals surface area contributed by atoms with Crippen LogP contribution in [0.1, 0.15) is 46.1 Å². The van der Waals surface area contributed by atoms with Gasteiger partial charge in [-0.25, -0.2) is 0 Å². The van der Waals surface area contributed by atoms with Crippen molar-refractivity contribution in [2.24, 2.45) is 4.99 Å². The van der Waals surface area contributed by atoms with Crippen LogP contribution in [0.15, 0.2) is 57.6 Å². The molecule has 0 aromatic heterocycles. The van der Waals surface area contributed by atoms with Crippen LogP contribution in [0.4, 0.5) is 0 Å². The van der Waals surface area contributed by atoms with Gasteiger partial charge in [0.15, 0.2) is 8.32 Å². The molecule has 4 heteroatoms. The highest BCUT2D eigenvalue weighted by Crippen LogP contribution is 2.49. The maximum atomic E-state index is 7.20. The van der Waals surface area contributed by atoms with E-state index in [4.69, 9.17) is 9.42 Å². The molecule has 0 fully saturated rings. The second-order valence-corrected chi connectivity index (χ2v) is 14.5. The van der Waals surface area contributed by atoms with E-state index < -0.39 is 13.9 Å². The lowest BCUT2D eigenvalue weighted by Crippen LogP contribution is -2.49. The van der Waals surface area contributed by atoms with Crippen molar-refractivity contribution < 1.29 is 4.43 Å². The van der Waals surface area contributed by atoms with Gasteiger partial charge < -0.3 is 4.43 Å². The summed E-state index contributed by atoms with van der Waals surface area (Å²) in [5.41, 5.74) is 1.76. The van der Waals surface area contributed by atoms with Gasteiger partial charge in [0.2, 0.25) is 0 Å². The summed E-state index contributed by atoms with van der Waals surface area (Å²) in [5, 5.41) is 2.59. The third-order valence-electron chi connectivity index (χ3n) is 6.07. The Balaban J connectivity index is 2.29. The fraction of sp³-hybridized carbons (Fsp3) is 0.435. The highest BCUT2D eigenvalue weighted by Gasteiger charge is 2.47. The normalized spacial score (nSPS) is 17.2. The van der Waals surface area contributed by atoms with Crippen molar-refractivity contribution in [2.75, 3.05) is 0 Å². The zero-order valence-electron chi connectivity index (χ0n) is 17.3. The van der Waals surface area contributed by atoms with Crippen molar-refractivity contribution in [1.29, 1.82) is 0 Å². The van der Waals surface area contributed by atoms with Gasteiger partial charge in [0, 0.05) is 17.1 Å². The van der Waals surface area contributed by atoms with Crippen LogP contribution in [0, 0.1) is 0 Å². The van der Waals surface area contributed by atoms with E-state index in [1.54, 1.807) is 0 Å². The van der Waals surface area contributed by atoms with Gasteiger partial charge in [-0.05, 0) is 53.0 Å². The van der Waals surface area contributed by atoms with Gasteiger partial charge in [0.25, 0.3) is 0 Å². The Kier molecular flexibility index (Phi) is 5.55. The first-order chi connectivity index (χ1) is 12.6. The Morgan fingerprint density at radius 1 is 1.15 bits per heavy atom. The summed E-state index contributed by atoms with van der Waals surface area (Å²) < 4.78 is 8.29. The predicted octanol–water partition coefficient (Wildman–Crippen LogP) is 7.59. The Morgan fingerprint density at radius 2 is 1.89 bits per heavy atom. The lowest BCUT2D eigenvalue weighted by molar-refractivity contribution is 0.0841. The van der Waals surface area contributed by atoms with E-state index in [0.29, 0.717) is 0 Å². The SMILES string of the molecule is CCC(O[Si](C)(C)C(C)(C)C)(C1=CCC=N1)c1cccc2ccc(Br)cc12. The fourth-order valence-electron chi connectivity index (χ4n) is 3.51. The zero-order valence-corrected chi connectivity index (χ0v) is 19.9. The van der Waals surface area contributed by atoms with Crippen molar-refractivity contribution in [3.05, 3.63) is 58.2 Å². The average molecular weight is 444 g/mol. The summed E-state index contributed by atoms with van der Waals surface area (Å²) >= 11 is 3.66. The number of aliphatic imine (C=N–C) groups is 1. The number of nitrogens with zero attached hydrogens (tertiary/aromatic N) is 1. The summed E-state index contributed by atoms with van der Waals surface area (Å²) in [6, 6.07) is 13.0. The van der Waals surface area contributed by atoms with Gasteiger partial charge >= 0.3 is 0 Å². The molecule has 27 heavy (non-hydrogen) atoms. The Bertz CT molecular complexity index is 910. The molecule has 0 saturated carbocycles. The van der Waals surface area contributed by atoms with Gasteiger partial charge in [0.1, 0.15) is 5.60 Å². The van der Waals surface area contributed by atoms with Crippen LogP contribution in [0.5, 0.6) is 0 Å². The molecule has 2 aromatic rings. The molecular weight excluding hydrogens is 414 g/mol. The number of hydrogen-bond acceptors (Lipinski definition) is 2. The second kappa shape index (κ2) is 7.30. The molecule has 0 spiro atoms. The lowest BCUT2D eigenvalue weighted by Gasteiger charge is -2.46. The molecule has 1 heterocycles. The quantitative estimate of drug-likeness (QED) is 0.436. The standard InChI is InChI=1S/C23H30BrNOSi/c1-7-23(21-12-9-15-25-21,26-27(5,6)22(2,3)4)20-11-8-10-17-13-14-18(24)16-19(17)20/h8,10-16H,7,9H2,1-6H3. The largest absolute Gasteiger partial charge is 0.402 e. The summed E-state index contributed by atoms with van der Waals surface area (Å²) in [6.45, 7) is 13.8. The number of rotatable bonds is 5. The van der Waals surface area contributed by atoms with Crippen LogP contribution in [-0.2, 0) is 10.0 Å². The van der Waals surface area contributed by atoms with Crippen LogP contribution >= 0.6 is 15.9 Å². The molecule has 0 saturated heterocycles. The van der Waals surface area contributed by atoms with Gasteiger partial charge in [-0.1, -0.05) is 74.0 Å². The minimum Gasteiger partial charge on any atom is -0.402 e. The number of allylic oxidation sites excluding steroid dienone is 1. The maximum absolute atomic E-state index is 7.20. The van der Waals surface area contributed by atoms with Gasteiger partial charge in [-0.15, -0.1) is 0 Å². The van der Waals surface area contributed by atoms with Crippen LogP contribution in [0.2, 0.25) is 18.1 Å². The molecule has 0 aliphatic carbocycles. The molecule has 1 aliphatic heterocycles. The molecular formula is C23H30BrNOSi. The number of halogens is 1. The average Bonchev–Trinajstić information content (AvgIpc) is 3.13. The summed E-state index contributed by atoms with van der Waals surface area (Å²) in [4.78, 5) is 4.77. The topological polar surface area (TPSA) is 21.6 Å². The molecule has 0 bridgehead atoms. The van der Waals surface area contributed by atoms with Crippen LogP contribution in [0.25, 0.3) is 10.8 Å². The van der Waals surface area contributed by atoms with E-state index >= 15 is 0 Å². The zero-order chi connectivity index (χ0) is 19.9. The highest BCUT2D eigenvalue weighted by molar-refractivity contribution is 9.10. The number of benzene rings is 2. The minimum atomic E-state index is -2.04. The van der Waals surface area contributed by atoms with Crippen molar-refractivity contribution in [3.8, 4) is 0 Å². The number of fused-ring (bicyclic) bond motifs is 1. The molecule has 2 aromatic carbocycles. The molecule has 0 N–H and O–H groups in total. The van der Waals surface area contributed by atoms with Crippen LogP contribution < -0.4 is 0 Å². The third-order valence-corrected chi connectivity index (χ3v) is 11.0. The third kappa shape index (κ3) is 3.72. The monoisotopic (exact) mass is 443 g/mol. The summed E-state index contributed by atoms with van der Waals surface area (Å²) in [5.74, 6) is 0. The molecule has 1 atom stereocenters. The Hall–Kier alpha value is -1.23. The van der Waals surface area contributed by atoms with Crippen molar-refractivity contribution in [2.45, 2.75) is 64.3 Å². The van der Waals surface area contributed by atoms with Gasteiger partial charge in [-0.2, -0.15) is 0 Å². The Labute approximate surface area is 173 Å². The van der Waals surface area contributed by atoms with E-state index in [9.17, 15) is 0 Å². The Morgan fingerprint density at radius 3 is 2.48 bits per heavy atom. The molecule has 1 unspecified atom stereocenters. The van der Waals surface area contributed by atoms with E-state index in [-0.39, 0.29) is 5.04 Å². The lowest BCUT2D eigenvalue weighted by atomic mass is 9.84. The van der Waals surface area contributed by atoms with Gasteiger partial charge in [-0.3, -0.25) is 4.99 Å². The molecule has 0 radical (unpaired) electrons. The van der Waals surface area contributed by atoms with E-state index in [2.05, 4.69) is 99.2 Å². The molecule has 1 aliphatic rings. The highest BCUT2D eigenvalue weighted by atomic mass is 79.9. The van der Waals surface area contributed by atoms with Crippen molar-refractivity contribution in [1.82, 2.24) is 0 Å². The first-order valence-electron chi connectivity index (χ1n) is 9.73. The molecule has 144 valence electrons. The first-order valence-corrected chi connectivity index (χ1v) is 13.4. The van der Waals surface area contributed by atoms with E-state index in [1.165, 1.54) is 16.3 Å². The van der Waals surface area contributed by atoms with E-state index in [0.717, 1.165) is 23.0 Å². The fourth-order valence-corrected chi connectivity index (χ4v) is 5.41. The van der Waals surface area contributed by atoms with Crippen LogP contribution in [0.3, 0.4) is 0 Å². The molecule has 0 amide bonds. The molecule has 3 rings (SSSR count). The number of hydrogen-bond donors (Lipinski definition) is 0. The first kappa shape index (κ1) is 20.5. The second-order valence-electron chi connectivity index (χ2n) is 8.85. The minimum absolute atomic E-state index is 0.126. The van der Waals surface area contributed by atoms with Crippen molar-refractivity contribution >= 4 is 41.2 Å². The summed E-state index contributed by atoms with van der Waals surface area (Å²) in [6.07, 6.45) is 5.96. The predicted molar refractivity (Wildman–Crippen MR) is 123 cm³/mol. The summed E-state index contributed by atoms with van der Waals surface area (Å²) in [7, 11) is -2.04. The smallest absolute Gasteiger partial charge is 0.193 e. The van der Waals surface area contributed by atoms with Crippen molar-refractivity contribution in [3.63, 3.8) is 0 Å². The van der Waals surface area contributed by atoms with Gasteiger partial charge in [0.05, 0.1) is 5.70 Å². The molecule has 2 nitrogen and oxygen atoms in total. The van der Waals surface area contributed by atoms with Crippen LogP contribution in [-0.4, -0.2) is 14.5 Å². The maximum Gasteiger partial charge on any atom is 0.193 e. The van der Waals surface area contributed by atoms with E-state index in [1.807, 2.05) is 6.21 Å².